The molecule has 1 aromatic rings. The van der Waals surface area contributed by atoms with Crippen LogP contribution in [0.1, 0.15) is 52.1 Å². The Balaban J connectivity index is 1.87. The minimum atomic E-state index is -0.515. The highest BCUT2D eigenvalue weighted by molar-refractivity contribution is 6.35. The molecule has 1 atom stereocenters. The van der Waals surface area contributed by atoms with Gasteiger partial charge in [0, 0.05) is 29.1 Å². The zero-order valence-electron chi connectivity index (χ0n) is 15.6. The molecular formula is C19H26Cl2N2O3. The average Bonchev–Trinajstić information content (AvgIpc) is 2.53. The van der Waals surface area contributed by atoms with Crippen molar-refractivity contribution in [3.8, 4) is 0 Å². The number of carbonyl (C=O) groups excluding carboxylic acids is 2. The predicted molar refractivity (Wildman–Crippen MR) is 104 cm³/mol. The standard InChI is InChI=1S/C19H26Cl2N2O3/c1-12(15-6-5-14(20)11-16(15)21)22-17(24)13-7-9-23(10-8-13)18(25)26-19(2,3)4/h5-6,11-13H,7-10H2,1-4H3,(H,22,24)/t12-/m1/s1. The van der Waals surface area contributed by atoms with Crippen molar-refractivity contribution >= 4 is 35.2 Å². The number of ether oxygens (including phenoxy) is 1. The molecule has 1 saturated heterocycles. The topological polar surface area (TPSA) is 58.6 Å². The molecular weight excluding hydrogens is 375 g/mol. The summed E-state index contributed by atoms with van der Waals surface area (Å²) in [7, 11) is 0. The Kier molecular flexibility index (Phi) is 6.80. The van der Waals surface area contributed by atoms with Crippen molar-refractivity contribution in [2.75, 3.05) is 13.1 Å². The summed E-state index contributed by atoms with van der Waals surface area (Å²) < 4.78 is 5.38. The van der Waals surface area contributed by atoms with Crippen LogP contribution in [0.3, 0.4) is 0 Å². The minimum absolute atomic E-state index is 0.0210. The number of carbonyl (C=O) groups is 2. The zero-order valence-corrected chi connectivity index (χ0v) is 17.2. The third kappa shape index (κ3) is 5.78. The molecule has 0 aliphatic carbocycles. The quantitative estimate of drug-likeness (QED) is 0.790. The number of nitrogens with zero attached hydrogens (tertiary/aromatic N) is 1. The summed E-state index contributed by atoms with van der Waals surface area (Å²) in [6.07, 6.45) is 0.913. The van der Waals surface area contributed by atoms with E-state index in [4.69, 9.17) is 27.9 Å². The molecule has 2 amide bonds. The van der Waals surface area contributed by atoms with Gasteiger partial charge in [0.25, 0.3) is 0 Å². The smallest absolute Gasteiger partial charge is 0.410 e. The summed E-state index contributed by atoms with van der Waals surface area (Å²) in [5.41, 5.74) is 0.314. The Morgan fingerprint density at radius 3 is 2.38 bits per heavy atom. The normalized spacial score (nSPS) is 16.9. The fraction of sp³-hybridized carbons (Fsp3) is 0.579. The fourth-order valence-corrected chi connectivity index (χ4v) is 3.48. The molecule has 7 heteroatoms. The van der Waals surface area contributed by atoms with E-state index in [2.05, 4.69) is 5.32 Å². The number of likely N-dealkylation sites (tertiary alicyclic amines) is 1. The largest absolute Gasteiger partial charge is 0.444 e. The van der Waals surface area contributed by atoms with Crippen molar-refractivity contribution in [1.82, 2.24) is 10.2 Å². The molecule has 0 spiro atoms. The van der Waals surface area contributed by atoms with Gasteiger partial charge in [-0.15, -0.1) is 0 Å². The molecule has 0 saturated carbocycles. The summed E-state index contributed by atoms with van der Waals surface area (Å²) in [6, 6.07) is 5.03. The average molecular weight is 401 g/mol. The predicted octanol–water partition coefficient (Wildman–Crippen LogP) is 4.82. The van der Waals surface area contributed by atoms with E-state index in [9.17, 15) is 9.59 Å². The molecule has 144 valence electrons. The SMILES string of the molecule is C[C@@H](NC(=O)C1CCN(C(=O)OC(C)(C)C)CC1)c1ccc(Cl)cc1Cl. The van der Waals surface area contributed by atoms with E-state index >= 15 is 0 Å². The number of amides is 2. The van der Waals surface area contributed by atoms with Gasteiger partial charge in [-0.2, -0.15) is 0 Å². The second kappa shape index (κ2) is 8.49. The number of hydrogen-bond acceptors (Lipinski definition) is 3. The van der Waals surface area contributed by atoms with Crippen molar-refractivity contribution in [3.63, 3.8) is 0 Å². The zero-order chi connectivity index (χ0) is 19.5. The number of hydrogen-bond donors (Lipinski definition) is 1. The number of piperidine rings is 1. The Hall–Kier alpha value is -1.46. The molecule has 1 fully saturated rings. The van der Waals surface area contributed by atoms with Gasteiger partial charge in [0.15, 0.2) is 0 Å². The lowest BCUT2D eigenvalue weighted by atomic mass is 9.95. The summed E-state index contributed by atoms with van der Waals surface area (Å²) in [6.45, 7) is 8.45. The Labute approximate surface area is 165 Å². The molecule has 1 aliphatic rings. The third-order valence-electron chi connectivity index (χ3n) is 4.31. The van der Waals surface area contributed by atoms with Crippen molar-refractivity contribution in [3.05, 3.63) is 33.8 Å². The molecule has 1 aliphatic heterocycles. The maximum Gasteiger partial charge on any atom is 0.410 e. The van der Waals surface area contributed by atoms with Crippen molar-refractivity contribution in [2.45, 2.75) is 52.2 Å². The summed E-state index contributed by atoms with van der Waals surface area (Å²) in [5.74, 6) is -0.144. The van der Waals surface area contributed by atoms with Crippen LogP contribution in [0.2, 0.25) is 10.0 Å². The van der Waals surface area contributed by atoms with Gasteiger partial charge in [-0.05, 0) is 58.2 Å². The second-order valence-corrected chi connectivity index (χ2v) is 8.48. The molecule has 1 aromatic carbocycles. The number of benzene rings is 1. The van der Waals surface area contributed by atoms with Gasteiger partial charge in [0.1, 0.15) is 5.60 Å². The fourth-order valence-electron chi connectivity index (χ4n) is 2.91. The molecule has 0 bridgehead atoms. The first-order chi connectivity index (χ1) is 12.1. The highest BCUT2D eigenvalue weighted by atomic mass is 35.5. The van der Waals surface area contributed by atoms with Crippen LogP contribution >= 0.6 is 23.2 Å². The molecule has 26 heavy (non-hydrogen) atoms. The lowest BCUT2D eigenvalue weighted by molar-refractivity contribution is -0.127. The Bertz CT molecular complexity index is 665. The van der Waals surface area contributed by atoms with E-state index in [0.29, 0.717) is 36.0 Å². The van der Waals surface area contributed by atoms with Crippen LogP contribution in [0.4, 0.5) is 4.79 Å². The lowest BCUT2D eigenvalue weighted by Crippen LogP contribution is -2.45. The monoisotopic (exact) mass is 400 g/mol. The molecule has 5 nitrogen and oxygen atoms in total. The summed E-state index contributed by atoms with van der Waals surface area (Å²) >= 11 is 12.1. The van der Waals surface area contributed by atoms with Crippen molar-refractivity contribution in [2.24, 2.45) is 5.92 Å². The maximum absolute atomic E-state index is 12.6. The molecule has 0 radical (unpaired) electrons. The first-order valence-electron chi connectivity index (χ1n) is 8.80. The minimum Gasteiger partial charge on any atom is -0.444 e. The van der Waals surface area contributed by atoms with E-state index in [1.54, 1.807) is 17.0 Å². The molecule has 0 aromatic heterocycles. The third-order valence-corrected chi connectivity index (χ3v) is 4.87. The van der Waals surface area contributed by atoms with Crippen LogP contribution in [0.15, 0.2) is 18.2 Å². The molecule has 1 heterocycles. The van der Waals surface area contributed by atoms with E-state index in [0.717, 1.165) is 5.56 Å². The van der Waals surface area contributed by atoms with Gasteiger partial charge in [0.05, 0.1) is 6.04 Å². The van der Waals surface area contributed by atoms with E-state index in [-0.39, 0.29) is 24.0 Å². The lowest BCUT2D eigenvalue weighted by Gasteiger charge is -2.33. The summed E-state index contributed by atoms with van der Waals surface area (Å²) in [5, 5.41) is 4.10. The highest BCUT2D eigenvalue weighted by Crippen LogP contribution is 2.27. The molecule has 2 rings (SSSR count). The van der Waals surface area contributed by atoms with Crippen LogP contribution in [0, 0.1) is 5.92 Å². The maximum atomic E-state index is 12.6. The van der Waals surface area contributed by atoms with Crippen LogP contribution in [-0.4, -0.2) is 35.6 Å². The van der Waals surface area contributed by atoms with Crippen LogP contribution < -0.4 is 5.32 Å². The van der Waals surface area contributed by atoms with Gasteiger partial charge in [-0.3, -0.25) is 4.79 Å². The number of halogens is 2. The first kappa shape index (κ1) is 20.8. The first-order valence-corrected chi connectivity index (χ1v) is 9.55. The van der Waals surface area contributed by atoms with Gasteiger partial charge < -0.3 is 15.0 Å². The van der Waals surface area contributed by atoms with E-state index < -0.39 is 5.60 Å². The van der Waals surface area contributed by atoms with Crippen molar-refractivity contribution < 1.29 is 14.3 Å². The van der Waals surface area contributed by atoms with Gasteiger partial charge in [-0.1, -0.05) is 29.3 Å². The van der Waals surface area contributed by atoms with Crippen LogP contribution in [0.25, 0.3) is 0 Å². The second-order valence-electron chi connectivity index (χ2n) is 7.64. The van der Waals surface area contributed by atoms with Crippen molar-refractivity contribution in [1.29, 1.82) is 0 Å². The number of rotatable bonds is 3. The highest BCUT2D eigenvalue weighted by Gasteiger charge is 2.30. The molecule has 1 N–H and O–H groups in total. The van der Waals surface area contributed by atoms with Gasteiger partial charge in [0.2, 0.25) is 5.91 Å². The summed E-state index contributed by atoms with van der Waals surface area (Å²) in [4.78, 5) is 26.3. The van der Waals surface area contributed by atoms with Crippen LogP contribution in [0.5, 0.6) is 0 Å². The van der Waals surface area contributed by atoms with Crippen LogP contribution in [-0.2, 0) is 9.53 Å². The molecule has 0 unspecified atom stereocenters. The number of nitrogens with one attached hydrogen (secondary N) is 1. The Morgan fingerprint density at radius 1 is 1.23 bits per heavy atom. The van der Waals surface area contributed by atoms with E-state index in [1.165, 1.54) is 0 Å². The van der Waals surface area contributed by atoms with E-state index in [1.807, 2.05) is 33.8 Å². The van der Waals surface area contributed by atoms with Gasteiger partial charge >= 0.3 is 6.09 Å². The van der Waals surface area contributed by atoms with Gasteiger partial charge in [-0.25, -0.2) is 4.79 Å². The Morgan fingerprint density at radius 2 is 1.85 bits per heavy atom.